The lowest BCUT2D eigenvalue weighted by Crippen LogP contribution is -2.30. The van der Waals surface area contributed by atoms with Crippen molar-refractivity contribution in [3.8, 4) is 0 Å². The smallest absolute Gasteiger partial charge is 0.274 e. The number of aryl methyl sites for hydroxylation is 1. The normalized spacial score (nSPS) is 10.8. The first-order chi connectivity index (χ1) is 10.7. The monoisotopic (exact) mass is 293 g/mol. The van der Waals surface area contributed by atoms with Gasteiger partial charge in [0.25, 0.3) is 5.91 Å². The van der Waals surface area contributed by atoms with Gasteiger partial charge in [-0.05, 0) is 31.0 Å². The lowest BCUT2D eigenvalue weighted by molar-refractivity contribution is 0.0747. The van der Waals surface area contributed by atoms with Gasteiger partial charge in [0.2, 0.25) is 0 Å². The number of nitrogens with zero attached hydrogens (tertiary/aromatic N) is 3. The highest BCUT2D eigenvalue weighted by Crippen LogP contribution is 2.12. The molecule has 2 aromatic heterocycles. The van der Waals surface area contributed by atoms with Crippen LogP contribution in [0.2, 0.25) is 0 Å². The quantitative estimate of drug-likeness (QED) is 0.740. The minimum Gasteiger partial charge on any atom is -0.333 e. The first-order valence-electron chi connectivity index (χ1n) is 7.46. The van der Waals surface area contributed by atoms with E-state index < -0.39 is 0 Å². The second-order valence-electron chi connectivity index (χ2n) is 5.40. The van der Waals surface area contributed by atoms with E-state index >= 15 is 0 Å². The van der Waals surface area contributed by atoms with Crippen LogP contribution in [0.5, 0.6) is 0 Å². The van der Waals surface area contributed by atoms with Crippen LogP contribution in [0.4, 0.5) is 0 Å². The highest BCUT2D eigenvalue weighted by molar-refractivity contribution is 5.92. The maximum atomic E-state index is 12.7. The van der Waals surface area contributed by atoms with E-state index in [2.05, 4.69) is 4.98 Å². The molecule has 0 atom stereocenters. The van der Waals surface area contributed by atoms with E-state index in [0.29, 0.717) is 18.8 Å². The molecular formula is C18H19N3O. The summed E-state index contributed by atoms with van der Waals surface area (Å²) in [5.41, 5.74) is 3.55. The Hall–Kier alpha value is -2.62. The number of hydrogen-bond donors (Lipinski definition) is 0. The van der Waals surface area contributed by atoms with Crippen LogP contribution < -0.4 is 0 Å². The molecule has 1 aromatic carbocycles. The lowest BCUT2D eigenvalue weighted by Gasteiger charge is -2.19. The number of fused-ring (bicyclic) bond motifs is 1. The Balaban J connectivity index is 1.86. The minimum atomic E-state index is -0.0345. The molecule has 3 aromatic rings. The second kappa shape index (κ2) is 6.02. The molecule has 0 aliphatic rings. The first kappa shape index (κ1) is 14.3. The molecular weight excluding hydrogens is 274 g/mol. The molecule has 22 heavy (non-hydrogen) atoms. The zero-order valence-electron chi connectivity index (χ0n) is 12.9. The van der Waals surface area contributed by atoms with Gasteiger partial charge in [0.1, 0.15) is 11.3 Å². The highest BCUT2D eigenvalue weighted by atomic mass is 16.2. The van der Waals surface area contributed by atoms with Crippen molar-refractivity contribution in [2.75, 3.05) is 6.54 Å². The minimum absolute atomic E-state index is 0.0345. The Morgan fingerprint density at radius 2 is 1.91 bits per heavy atom. The van der Waals surface area contributed by atoms with E-state index in [0.717, 1.165) is 16.8 Å². The predicted molar refractivity (Wildman–Crippen MR) is 86.8 cm³/mol. The molecule has 0 radical (unpaired) electrons. The number of amides is 1. The van der Waals surface area contributed by atoms with Crippen molar-refractivity contribution < 1.29 is 4.79 Å². The number of imidazole rings is 1. The van der Waals surface area contributed by atoms with Gasteiger partial charge in [-0.2, -0.15) is 0 Å². The summed E-state index contributed by atoms with van der Waals surface area (Å²) in [6.07, 6.45) is 3.78. The lowest BCUT2D eigenvalue weighted by atomic mass is 10.2. The maximum Gasteiger partial charge on any atom is 0.274 e. The van der Waals surface area contributed by atoms with Crippen LogP contribution in [-0.2, 0) is 6.54 Å². The third-order valence-electron chi connectivity index (χ3n) is 3.70. The van der Waals surface area contributed by atoms with Crippen molar-refractivity contribution in [2.45, 2.75) is 20.4 Å². The molecule has 0 saturated heterocycles. The molecule has 0 bridgehead atoms. The zero-order chi connectivity index (χ0) is 15.5. The number of carbonyl (C=O) groups excluding carboxylic acids is 1. The average molecular weight is 293 g/mol. The van der Waals surface area contributed by atoms with Gasteiger partial charge < -0.3 is 9.30 Å². The number of aromatic nitrogens is 2. The van der Waals surface area contributed by atoms with Gasteiger partial charge in [0.15, 0.2) is 0 Å². The summed E-state index contributed by atoms with van der Waals surface area (Å²) < 4.78 is 1.90. The summed E-state index contributed by atoms with van der Waals surface area (Å²) in [6.45, 7) is 5.26. The van der Waals surface area contributed by atoms with E-state index in [1.54, 1.807) is 6.20 Å². The topological polar surface area (TPSA) is 37.6 Å². The molecule has 3 rings (SSSR count). The molecule has 0 saturated carbocycles. The summed E-state index contributed by atoms with van der Waals surface area (Å²) in [4.78, 5) is 18.9. The first-order valence-corrected chi connectivity index (χ1v) is 7.46. The van der Waals surface area contributed by atoms with Gasteiger partial charge in [0, 0.05) is 25.5 Å². The molecule has 0 aliphatic carbocycles. The molecule has 0 N–H and O–H groups in total. The standard InChI is InChI=1S/C18H19N3O/c1-3-20(12-15-7-5-4-6-8-15)18(22)16-13-21-11-14(2)9-10-17(21)19-16/h4-11,13H,3,12H2,1-2H3. The number of benzene rings is 1. The molecule has 0 aliphatic heterocycles. The van der Waals surface area contributed by atoms with E-state index in [9.17, 15) is 4.79 Å². The summed E-state index contributed by atoms with van der Waals surface area (Å²) in [7, 11) is 0. The van der Waals surface area contributed by atoms with Crippen molar-refractivity contribution in [3.63, 3.8) is 0 Å². The van der Waals surface area contributed by atoms with E-state index in [1.807, 2.05) is 71.8 Å². The second-order valence-corrected chi connectivity index (χ2v) is 5.40. The Morgan fingerprint density at radius 1 is 1.14 bits per heavy atom. The molecule has 2 heterocycles. The summed E-state index contributed by atoms with van der Waals surface area (Å²) in [5, 5.41) is 0. The largest absolute Gasteiger partial charge is 0.333 e. The average Bonchev–Trinajstić information content (AvgIpc) is 2.96. The fourth-order valence-corrected chi connectivity index (χ4v) is 2.50. The number of carbonyl (C=O) groups is 1. The Morgan fingerprint density at radius 3 is 2.64 bits per heavy atom. The van der Waals surface area contributed by atoms with Crippen molar-refractivity contribution in [3.05, 3.63) is 71.7 Å². The van der Waals surface area contributed by atoms with Crippen LogP contribution >= 0.6 is 0 Å². The van der Waals surface area contributed by atoms with E-state index in [4.69, 9.17) is 0 Å². The molecule has 4 heteroatoms. The van der Waals surface area contributed by atoms with Crippen LogP contribution in [0.1, 0.15) is 28.5 Å². The van der Waals surface area contributed by atoms with Crippen molar-refractivity contribution in [1.82, 2.24) is 14.3 Å². The fourth-order valence-electron chi connectivity index (χ4n) is 2.50. The van der Waals surface area contributed by atoms with E-state index in [1.165, 1.54) is 0 Å². The Kier molecular flexibility index (Phi) is 3.92. The van der Waals surface area contributed by atoms with Gasteiger partial charge >= 0.3 is 0 Å². The van der Waals surface area contributed by atoms with Crippen molar-refractivity contribution in [2.24, 2.45) is 0 Å². The van der Waals surface area contributed by atoms with Gasteiger partial charge in [-0.15, -0.1) is 0 Å². The Labute approximate surface area is 130 Å². The highest BCUT2D eigenvalue weighted by Gasteiger charge is 2.17. The summed E-state index contributed by atoms with van der Waals surface area (Å²) in [6, 6.07) is 13.9. The van der Waals surface area contributed by atoms with Crippen molar-refractivity contribution >= 4 is 11.6 Å². The Bertz CT molecular complexity index is 792. The molecule has 0 unspecified atom stereocenters. The van der Waals surface area contributed by atoms with Crippen LogP contribution in [0.3, 0.4) is 0 Å². The van der Waals surface area contributed by atoms with Crippen molar-refractivity contribution in [1.29, 1.82) is 0 Å². The molecule has 0 spiro atoms. The van der Waals surface area contributed by atoms with Gasteiger partial charge in [-0.3, -0.25) is 4.79 Å². The molecule has 4 nitrogen and oxygen atoms in total. The SMILES string of the molecule is CCN(Cc1ccccc1)C(=O)c1cn2cc(C)ccc2n1. The van der Waals surface area contributed by atoms with Crippen LogP contribution in [0, 0.1) is 6.92 Å². The van der Waals surface area contributed by atoms with Gasteiger partial charge in [0.05, 0.1) is 0 Å². The van der Waals surface area contributed by atoms with Crippen LogP contribution in [0.15, 0.2) is 54.9 Å². The van der Waals surface area contributed by atoms with Crippen LogP contribution in [0.25, 0.3) is 5.65 Å². The molecule has 1 amide bonds. The predicted octanol–water partition coefficient (Wildman–Crippen LogP) is 3.31. The van der Waals surface area contributed by atoms with Gasteiger partial charge in [-0.25, -0.2) is 4.98 Å². The van der Waals surface area contributed by atoms with E-state index in [-0.39, 0.29) is 5.91 Å². The number of hydrogen-bond acceptors (Lipinski definition) is 2. The van der Waals surface area contributed by atoms with Gasteiger partial charge in [-0.1, -0.05) is 36.4 Å². The number of pyridine rings is 1. The van der Waals surface area contributed by atoms with Crippen LogP contribution in [-0.4, -0.2) is 26.7 Å². The number of rotatable bonds is 4. The third-order valence-corrected chi connectivity index (χ3v) is 3.70. The summed E-state index contributed by atoms with van der Waals surface area (Å²) >= 11 is 0. The maximum absolute atomic E-state index is 12.7. The summed E-state index contributed by atoms with van der Waals surface area (Å²) in [5.74, 6) is -0.0345. The molecule has 112 valence electrons. The fraction of sp³-hybridized carbons (Fsp3) is 0.222. The zero-order valence-corrected chi connectivity index (χ0v) is 12.9. The molecule has 0 fully saturated rings. The third kappa shape index (κ3) is 2.86.